The van der Waals surface area contributed by atoms with E-state index in [1.165, 1.54) is 6.07 Å². The van der Waals surface area contributed by atoms with Crippen LogP contribution in [0.2, 0.25) is 10.0 Å². The van der Waals surface area contributed by atoms with Crippen molar-refractivity contribution < 1.29 is 9.90 Å². The maximum Gasteiger partial charge on any atom is 0.337 e. The fourth-order valence-corrected chi connectivity index (χ4v) is 2.59. The highest BCUT2D eigenvalue weighted by atomic mass is 35.5. The van der Waals surface area contributed by atoms with Crippen molar-refractivity contribution in [3.8, 4) is 0 Å². The molecule has 6 heteroatoms. The van der Waals surface area contributed by atoms with Gasteiger partial charge in [-0.1, -0.05) is 29.3 Å². The summed E-state index contributed by atoms with van der Waals surface area (Å²) in [6, 6.07) is 8.38. The first-order valence-electron chi connectivity index (χ1n) is 6.31. The molecule has 0 aliphatic heterocycles. The molecule has 1 atom stereocenters. The lowest BCUT2D eigenvalue weighted by Gasteiger charge is -2.17. The van der Waals surface area contributed by atoms with Crippen LogP contribution in [0.3, 0.4) is 0 Å². The van der Waals surface area contributed by atoms with Gasteiger partial charge in [0.2, 0.25) is 0 Å². The van der Waals surface area contributed by atoms with Gasteiger partial charge in [-0.15, -0.1) is 0 Å². The Balaban J connectivity index is 2.21. The van der Waals surface area contributed by atoms with Crippen LogP contribution >= 0.6 is 23.2 Å². The van der Waals surface area contributed by atoms with Gasteiger partial charge in [0.05, 0.1) is 17.3 Å². The minimum absolute atomic E-state index is 0.0858. The number of benzene rings is 1. The Labute approximate surface area is 132 Å². The number of halogens is 2. The Morgan fingerprint density at radius 2 is 2.00 bits per heavy atom. The van der Waals surface area contributed by atoms with E-state index in [1.807, 2.05) is 13.0 Å². The van der Waals surface area contributed by atoms with Crippen LogP contribution in [0, 0.1) is 6.92 Å². The number of aromatic carboxylic acids is 1. The van der Waals surface area contributed by atoms with Gasteiger partial charge in [0, 0.05) is 10.0 Å². The van der Waals surface area contributed by atoms with E-state index in [0.717, 1.165) is 5.56 Å². The molecule has 0 radical (unpaired) electrons. The van der Waals surface area contributed by atoms with E-state index in [2.05, 4.69) is 10.3 Å². The Morgan fingerprint density at radius 1 is 1.29 bits per heavy atom. The molecule has 1 unspecified atom stereocenters. The first kappa shape index (κ1) is 15.6. The van der Waals surface area contributed by atoms with Gasteiger partial charge in [0.25, 0.3) is 0 Å². The van der Waals surface area contributed by atoms with E-state index in [9.17, 15) is 4.79 Å². The van der Waals surface area contributed by atoms with Crippen LogP contribution in [0.5, 0.6) is 0 Å². The van der Waals surface area contributed by atoms with Crippen molar-refractivity contribution in [1.82, 2.24) is 4.98 Å². The summed E-state index contributed by atoms with van der Waals surface area (Å²) >= 11 is 12.0. The smallest absolute Gasteiger partial charge is 0.337 e. The lowest BCUT2D eigenvalue weighted by atomic mass is 10.1. The van der Waals surface area contributed by atoms with Crippen molar-refractivity contribution in [3.05, 3.63) is 57.2 Å². The summed E-state index contributed by atoms with van der Waals surface area (Å²) in [7, 11) is 0. The molecule has 0 spiro atoms. The summed E-state index contributed by atoms with van der Waals surface area (Å²) in [5, 5.41) is 13.3. The largest absolute Gasteiger partial charge is 0.478 e. The molecule has 2 N–H and O–H groups in total. The second-order valence-corrected chi connectivity index (χ2v) is 5.51. The number of carboxylic acids is 1. The zero-order valence-electron chi connectivity index (χ0n) is 11.5. The number of nitrogens with zero attached hydrogens (tertiary/aromatic N) is 1. The molecule has 2 rings (SSSR count). The first-order valence-corrected chi connectivity index (χ1v) is 7.06. The molecule has 0 aliphatic rings. The van der Waals surface area contributed by atoms with Gasteiger partial charge in [-0.05, 0) is 43.7 Å². The maximum absolute atomic E-state index is 11.0. The third-order valence-electron chi connectivity index (χ3n) is 3.11. The van der Waals surface area contributed by atoms with Gasteiger partial charge in [-0.3, -0.25) is 0 Å². The average molecular weight is 325 g/mol. The molecule has 0 saturated heterocycles. The molecule has 1 heterocycles. The standard InChI is InChI=1S/C15H14Cl2N2O2/c1-8(11-4-3-10(16)7-13(11)17)18-14-6-5-12(15(20)21)9(2)19-14/h3-8H,1-2H3,(H,18,19)(H,20,21). The van der Waals surface area contributed by atoms with Crippen LogP contribution in [0.15, 0.2) is 30.3 Å². The third-order valence-corrected chi connectivity index (χ3v) is 3.67. The van der Waals surface area contributed by atoms with Gasteiger partial charge >= 0.3 is 5.97 Å². The number of rotatable bonds is 4. The maximum atomic E-state index is 11.0. The second-order valence-electron chi connectivity index (χ2n) is 4.67. The molecule has 1 aromatic carbocycles. The van der Waals surface area contributed by atoms with Crippen LogP contribution in [0.1, 0.15) is 34.6 Å². The topological polar surface area (TPSA) is 62.2 Å². The van der Waals surface area contributed by atoms with Crippen LogP contribution in [-0.4, -0.2) is 16.1 Å². The highest BCUT2D eigenvalue weighted by molar-refractivity contribution is 6.35. The van der Waals surface area contributed by atoms with Crippen molar-refractivity contribution >= 4 is 35.0 Å². The summed E-state index contributed by atoms with van der Waals surface area (Å²) in [6.07, 6.45) is 0. The van der Waals surface area contributed by atoms with Crippen molar-refractivity contribution in [2.24, 2.45) is 0 Å². The van der Waals surface area contributed by atoms with E-state index in [0.29, 0.717) is 21.6 Å². The highest BCUT2D eigenvalue weighted by Gasteiger charge is 2.13. The third kappa shape index (κ3) is 3.65. The summed E-state index contributed by atoms with van der Waals surface area (Å²) in [5.74, 6) is -0.392. The molecule has 2 aromatic rings. The van der Waals surface area contributed by atoms with Crippen LogP contribution in [-0.2, 0) is 0 Å². The fourth-order valence-electron chi connectivity index (χ4n) is 2.02. The molecule has 0 aliphatic carbocycles. The minimum atomic E-state index is -0.986. The number of carboxylic acid groups (broad SMARTS) is 1. The van der Waals surface area contributed by atoms with Gasteiger partial charge in [0.15, 0.2) is 0 Å². The molecular weight excluding hydrogens is 311 g/mol. The van der Waals surface area contributed by atoms with E-state index < -0.39 is 5.97 Å². The second kappa shape index (κ2) is 6.33. The number of hydrogen-bond donors (Lipinski definition) is 2. The predicted octanol–water partition coefficient (Wildman–Crippen LogP) is 4.57. The number of anilines is 1. The zero-order valence-corrected chi connectivity index (χ0v) is 13.0. The van der Waals surface area contributed by atoms with Gasteiger partial charge < -0.3 is 10.4 Å². The monoisotopic (exact) mass is 324 g/mol. The molecule has 0 saturated carbocycles. The SMILES string of the molecule is Cc1nc(NC(C)c2ccc(Cl)cc2Cl)ccc1C(=O)O. The first-order chi connectivity index (χ1) is 9.88. The van der Waals surface area contributed by atoms with Crippen molar-refractivity contribution in [2.45, 2.75) is 19.9 Å². The van der Waals surface area contributed by atoms with Crippen LogP contribution < -0.4 is 5.32 Å². The summed E-state index contributed by atoms with van der Waals surface area (Å²) < 4.78 is 0. The molecule has 1 aromatic heterocycles. The number of aryl methyl sites for hydroxylation is 1. The molecule has 110 valence electrons. The lowest BCUT2D eigenvalue weighted by Crippen LogP contribution is -2.10. The van der Waals surface area contributed by atoms with Gasteiger partial charge in [-0.25, -0.2) is 9.78 Å². The molecule has 4 nitrogen and oxygen atoms in total. The number of pyridine rings is 1. The Bertz CT molecular complexity index is 689. The van der Waals surface area contributed by atoms with E-state index in [-0.39, 0.29) is 11.6 Å². The number of carbonyl (C=O) groups is 1. The van der Waals surface area contributed by atoms with Gasteiger partial charge in [-0.2, -0.15) is 0 Å². The molecule has 0 bridgehead atoms. The molecular formula is C15H14Cl2N2O2. The Hall–Kier alpha value is -1.78. The molecule has 21 heavy (non-hydrogen) atoms. The zero-order chi connectivity index (χ0) is 15.6. The number of aromatic nitrogens is 1. The molecule has 0 amide bonds. The van der Waals surface area contributed by atoms with Crippen LogP contribution in [0.25, 0.3) is 0 Å². The predicted molar refractivity (Wildman–Crippen MR) is 84.4 cm³/mol. The Kier molecular flexibility index (Phi) is 4.70. The number of nitrogens with one attached hydrogen (secondary N) is 1. The molecule has 0 fully saturated rings. The van der Waals surface area contributed by atoms with E-state index in [4.69, 9.17) is 28.3 Å². The van der Waals surface area contributed by atoms with Gasteiger partial charge in [0.1, 0.15) is 5.82 Å². The number of hydrogen-bond acceptors (Lipinski definition) is 3. The summed E-state index contributed by atoms with van der Waals surface area (Å²) in [6.45, 7) is 3.60. The summed E-state index contributed by atoms with van der Waals surface area (Å²) in [5.41, 5.74) is 1.54. The van der Waals surface area contributed by atoms with Crippen molar-refractivity contribution in [3.63, 3.8) is 0 Å². The normalized spacial score (nSPS) is 12.0. The highest BCUT2D eigenvalue weighted by Crippen LogP contribution is 2.28. The lowest BCUT2D eigenvalue weighted by molar-refractivity contribution is 0.0695. The van der Waals surface area contributed by atoms with Crippen molar-refractivity contribution in [1.29, 1.82) is 0 Å². The van der Waals surface area contributed by atoms with Crippen molar-refractivity contribution in [2.75, 3.05) is 5.32 Å². The Morgan fingerprint density at radius 3 is 2.57 bits per heavy atom. The summed E-state index contributed by atoms with van der Waals surface area (Å²) in [4.78, 5) is 15.2. The average Bonchev–Trinajstić information content (AvgIpc) is 2.37. The van der Waals surface area contributed by atoms with Crippen LogP contribution in [0.4, 0.5) is 5.82 Å². The van der Waals surface area contributed by atoms with E-state index in [1.54, 1.807) is 25.1 Å². The minimum Gasteiger partial charge on any atom is -0.478 e. The van der Waals surface area contributed by atoms with E-state index >= 15 is 0 Å². The fraction of sp³-hybridized carbons (Fsp3) is 0.200. The quantitative estimate of drug-likeness (QED) is 0.864.